The van der Waals surface area contributed by atoms with Crippen molar-refractivity contribution in [2.45, 2.75) is 51.6 Å². The predicted octanol–water partition coefficient (Wildman–Crippen LogP) is 2.35. The van der Waals surface area contributed by atoms with E-state index in [-0.39, 0.29) is 30.5 Å². The smallest absolute Gasteiger partial charge is 0.363 e. The van der Waals surface area contributed by atoms with Gasteiger partial charge in [-0.15, -0.1) is 13.2 Å². The zero-order valence-electron chi connectivity index (χ0n) is 21.0. The molecule has 3 amide bonds. The van der Waals surface area contributed by atoms with Crippen molar-refractivity contribution in [3.8, 4) is 11.3 Å². The van der Waals surface area contributed by atoms with Gasteiger partial charge < -0.3 is 20.9 Å². The van der Waals surface area contributed by atoms with E-state index in [9.17, 15) is 32.3 Å². The van der Waals surface area contributed by atoms with Gasteiger partial charge >= 0.3 is 6.36 Å². The molecule has 38 heavy (non-hydrogen) atoms. The number of halogens is 3. The lowest BCUT2D eigenvalue weighted by Crippen LogP contribution is -2.48. The highest BCUT2D eigenvalue weighted by molar-refractivity contribution is 5.94. The Morgan fingerprint density at radius 2 is 1.92 bits per heavy atom. The molecule has 3 atom stereocenters. The average Bonchev–Trinajstić information content (AvgIpc) is 3.47. The number of aromatic nitrogens is 2. The van der Waals surface area contributed by atoms with Crippen LogP contribution in [-0.4, -0.2) is 58.6 Å². The number of Topliss-reactive ketones (excluding diaryl/α,β-unsaturated/α-hetero) is 1. The Balaban J connectivity index is 1.97. The number of nitrogens with two attached hydrogens (primary N) is 1. The van der Waals surface area contributed by atoms with Gasteiger partial charge in [0.15, 0.2) is 11.6 Å². The molecule has 0 aliphatic carbocycles. The minimum Gasteiger partial charge on any atom is -0.363 e. The Morgan fingerprint density at radius 3 is 2.47 bits per heavy atom. The summed E-state index contributed by atoms with van der Waals surface area (Å²) in [4.78, 5) is 54.9. The molecule has 0 bridgehead atoms. The van der Waals surface area contributed by atoms with Gasteiger partial charge in [0, 0.05) is 12.5 Å². The molecule has 206 valence electrons. The number of amides is 3. The first-order valence-corrected chi connectivity index (χ1v) is 12.1. The van der Waals surface area contributed by atoms with E-state index in [0.717, 1.165) is 0 Å². The van der Waals surface area contributed by atoms with Crippen LogP contribution in [0.15, 0.2) is 36.5 Å². The molecular weight excluding hydrogens is 507 g/mol. The second-order valence-electron chi connectivity index (χ2n) is 9.49. The number of ketones is 1. The molecular formula is C25H30F3N5O5. The van der Waals surface area contributed by atoms with Gasteiger partial charge in [-0.1, -0.05) is 44.2 Å². The summed E-state index contributed by atoms with van der Waals surface area (Å²) in [5, 5.41) is 5.12. The van der Waals surface area contributed by atoms with Gasteiger partial charge in [-0.05, 0) is 30.7 Å². The third kappa shape index (κ3) is 7.40. The SMILES string of the molecule is CC(C)C[C@@H](C(=O)N[C@@H](C[C@@H]1CCNC1=O)C(=O)COC(F)(F)F)n1c(-c2ccccc2)cnc1C(N)=O. The van der Waals surface area contributed by atoms with Crippen molar-refractivity contribution in [2.24, 2.45) is 17.6 Å². The van der Waals surface area contributed by atoms with Crippen LogP contribution in [0.5, 0.6) is 0 Å². The van der Waals surface area contributed by atoms with Crippen LogP contribution in [0.4, 0.5) is 13.2 Å². The van der Waals surface area contributed by atoms with E-state index in [4.69, 9.17) is 5.73 Å². The predicted molar refractivity (Wildman–Crippen MR) is 129 cm³/mol. The van der Waals surface area contributed by atoms with Gasteiger partial charge in [-0.25, -0.2) is 4.98 Å². The van der Waals surface area contributed by atoms with Gasteiger partial charge in [-0.2, -0.15) is 0 Å². The lowest BCUT2D eigenvalue weighted by Gasteiger charge is -2.27. The summed E-state index contributed by atoms with van der Waals surface area (Å²) < 4.78 is 42.9. The molecule has 0 unspecified atom stereocenters. The van der Waals surface area contributed by atoms with Crippen LogP contribution in [0, 0.1) is 11.8 Å². The molecule has 10 nitrogen and oxygen atoms in total. The number of nitrogens with one attached hydrogen (secondary N) is 2. The monoisotopic (exact) mass is 537 g/mol. The third-order valence-corrected chi connectivity index (χ3v) is 6.16. The van der Waals surface area contributed by atoms with E-state index < -0.39 is 48.6 Å². The standard InChI is InChI=1S/C25H30F3N5O5/c1-14(2)10-18(33-19(12-31-22(33)21(29)35)15-6-4-3-5-7-15)24(37)32-17(11-16-8-9-30-23(16)36)20(34)13-38-25(26,27)28/h3-7,12,14,16-18H,8-11,13H2,1-2H3,(H2,29,35)(H,30,36)(H,32,37)/t16-,17-,18-/m0/s1. The number of primary amides is 1. The number of alkyl halides is 3. The van der Waals surface area contributed by atoms with Gasteiger partial charge in [0.2, 0.25) is 11.8 Å². The van der Waals surface area contributed by atoms with Crippen LogP contribution in [0.1, 0.15) is 49.8 Å². The topological polar surface area (TPSA) is 145 Å². The lowest BCUT2D eigenvalue weighted by atomic mass is 9.95. The summed E-state index contributed by atoms with van der Waals surface area (Å²) in [5.74, 6) is -3.97. The molecule has 2 aromatic rings. The van der Waals surface area contributed by atoms with Crippen LogP contribution in [0.3, 0.4) is 0 Å². The van der Waals surface area contributed by atoms with Crippen molar-refractivity contribution in [1.82, 2.24) is 20.2 Å². The summed E-state index contributed by atoms with van der Waals surface area (Å²) in [7, 11) is 0. The zero-order valence-corrected chi connectivity index (χ0v) is 21.0. The highest BCUT2D eigenvalue weighted by Gasteiger charge is 2.37. The molecule has 1 aromatic carbocycles. The van der Waals surface area contributed by atoms with Gasteiger partial charge in [0.05, 0.1) is 17.9 Å². The maximum absolute atomic E-state index is 13.7. The summed E-state index contributed by atoms with van der Waals surface area (Å²) in [6.45, 7) is 2.70. The molecule has 4 N–H and O–H groups in total. The van der Waals surface area contributed by atoms with Crippen LogP contribution in [-0.2, 0) is 19.1 Å². The highest BCUT2D eigenvalue weighted by atomic mass is 19.4. The summed E-state index contributed by atoms with van der Waals surface area (Å²) >= 11 is 0. The maximum Gasteiger partial charge on any atom is 0.522 e. The highest BCUT2D eigenvalue weighted by Crippen LogP contribution is 2.29. The first-order chi connectivity index (χ1) is 17.9. The number of carbonyl (C=O) groups excluding carboxylic acids is 4. The number of imidazole rings is 1. The fourth-order valence-corrected chi connectivity index (χ4v) is 4.40. The molecule has 1 aliphatic heterocycles. The van der Waals surface area contributed by atoms with Crippen molar-refractivity contribution in [1.29, 1.82) is 0 Å². The Kier molecular flexibility index (Phi) is 9.26. The zero-order chi connectivity index (χ0) is 28.0. The molecule has 13 heteroatoms. The summed E-state index contributed by atoms with van der Waals surface area (Å²) in [6, 6.07) is 6.28. The largest absolute Gasteiger partial charge is 0.522 e. The molecule has 0 saturated carbocycles. The van der Waals surface area contributed by atoms with Crippen LogP contribution < -0.4 is 16.4 Å². The van der Waals surface area contributed by atoms with E-state index in [2.05, 4.69) is 20.4 Å². The number of rotatable bonds is 12. The molecule has 1 aliphatic rings. The molecule has 0 radical (unpaired) electrons. The average molecular weight is 538 g/mol. The number of benzene rings is 1. The van der Waals surface area contributed by atoms with E-state index in [1.54, 1.807) is 30.3 Å². The normalized spacial score (nSPS) is 17.2. The Bertz CT molecular complexity index is 1170. The molecule has 1 fully saturated rings. The second kappa shape index (κ2) is 12.2. The van der Waals surface area contributed by atoms with Crippen LogP contribution in [0.25, 0.3) is 11.3 Å². The first kappa shape index (κ1) is 28.8. The number of hydrogen-bond acceptors (Lipinski definition) is 6. The Labute approximate surface area is 217 Å². The summed E-state index contributed by atoms with van der Waals surface area (Å²) in [6.07, 6.45) is -3.30. The fraction of sp³-hybridized carbons (Fsp3) is 0.480. The van der Waals surface area contributed by atoms with Crippen molar-refractivity contribution < 1.29 is 37.1 Å². The Hall–Kier alpha value is -3.74. The minimum atomic E-state index is -5.05. The molecule has 1 aromatic heterocycles. The van der Waals surface area contributed by atoms with Crippen molar-refractivity contribution in [3.63, 3.8) is 0 Å². The molecule has 0 spiro atoms. The maximum atomic E-state index is 13.7. The molecule has 2 heterocycles. The van der Waals surface area contributed by atoms with Crippen molar-refractivity contribution >= 4 is 23.5 Å². The van der Waals surface area contributed by atoms with E-state index in [1.165, 1.54) is 10.8 Å². The van der Waals surface area contributed by atoms with E-state index >= 15 is 0 Å². The minimum absolute atomic E-state index is 0.0826. The summed E-state index contributed by atoms with van der Waals surface area (Å²) in [5.41, 5.74) is 6.61. The fourth-order valence-electron chi connectivity index (χ4n) is 4.40. The Morgan fingerprint density at radius 1 is 1.24 bits per heavy atom. The van der Waals surface area contributed by atoms with Crippen LogP contribution in [0.2, 0.25) is 0 Å². The number of ether oxygens (including phenoxy) is 1. The third-order valence-electron chi connectivity index (χ3n) is 6.16. The molecule has 1 saturated heterocycles. The number of hydrogen-bond donors (Lipinski definition) is 3. The van der Waals surface area contributed by atoms with Crippen molar-refractivity contribution in [3.05, 3.63) is 42.4 Å². The van der Waals surface area contributed by atoms with E-state index in [1.807, 2.05) is 13.8 Å². The van der Waals surface area contributed by atoms with Gasteiger partial charge in [0.25, 0.3) is 5.91 Å². The first-order valence-electron chi connectivity index (χ1n) is 12.1. The van der Waals surface area contributed by atoms with E-state index in [0.29, 0.717) is 24.2 Å². The van der Waals surface area contributed by atoms with Crippen LogP contribution >= 0.6 is 0 Å². The number of nitrogens with zero attached hydrogens (tertiary/aromatic N) is 2. The molecule has 3 rings (SSSR count). The van der Waals surface area contributed by atoms with Gasteiger partial charge in [0.1, 0.15) is 12.6 Å². The number of carbonyl (C=O) groups is 4. The van der Waals surface area contributed by atoms with Crippen molar-refractivity contribution in [2.75, 3.05) is 13.2 Å². The second-order valence-corrected chi connectivity index (χ2v) is 9.49. The quantitative estimate of drug-likeness (QED) is 0.379. The van der Waals surface area contributed by atoms with Gasteiger partial charge in [-0.3, -0.25) is 23.9 Å². The lowest BCUT2D eigenvalue weighted by molar-refractivity contribution is -0.321.